The van der Waals surface area contributed by atoms with Crippen molar-refractivity contribution >= 4 is 46.7 Å². The molecule has 1 saturated carbocycles. The molecule has 3 aromatic heterocycles. The molecule has 0 bridgehead atoms. The maximum atomic E-state index is 13.0. The molecular weight excluding hydrogens is 470 g/mol. The summed E-state index contributed by atoms with van der Waals surface area (Å²) >= 11 is 1.37. The number of imide groups is 1. The summed E-state index contributed by atoms with van der Waals surface area (Å²) in [6, 6.07) is 5.41. The van der Waals surface area contributed by atoms with Crippen LogP contribution in [0.1, 0.15) is 40.9 Å². The molecule has 3 fully saturated rings. The van der Waals surface area contributed by atoms with Crippen molar-refractivity contribution in [3.63, 3.8) is 0 Å². The van der Waals surface area contributed by atoms with Gasteiger partial charge in [0.05, 0.1) is 27.7 Å². The summed E-state index contributed by atoms with van der Waals surface area (Å²) in [7, 11) is 0. The molecule has 4 amide bonds. The van der Waals surface area contributed by atoms with Gasteiger partial charge in [-0.05, 0) is 43.9 Å². The molecule has 2 aliphatic heterocycles. The number of aromatic nitrogens is 3. The van der Waals surface area contributed by atoms with Crippen LogP contribution in [-0.2, 0) is 4.79 Å². The molecule has 0 aromatic carbocycles. The Hall–Kier alpha value is -3.77. The molecule has 11 nitrogen and oxygen atoms in total. The molecule has 3 aromatic rings. The van der Waals surface area contributed by atoms with Gasteiger partial charge in [-0.1, -0.05) is 0 Å². The molecular formula is C23H23N7O4S. The van der Waals surface area contributed by atoms with E-state index in [1.807, 2.05) is 18.2 Å². The monoisotopic (exact) mass is 493 g/mol. The van der Waals surface area contributed by atoms with Gasteiger partial charge in [-0.15, -0.1) is 11.3 Å². The highest BCUT2D eigenvalue weighted by molar-refractivity contribution is 7.17. The average Bonchev–Trinajstić information content (AvgIpc) is 3.23. The molecule has 1 aliphatic carbocycles. The van der Waals surface area contributed by atoms with E-state index < -0.39 is 11.9 Å². The van der Waals surface area contributed by atoms with Gasteiger partial charge in [-0.3, -0.25) is 14.9 Å². The average molecular weight is 494 g/mol. The Balaban J connectivity index is 1.36. The molecule has 12 heteroatoms. The number of carbonyl (C=O) groups is 3. The van der Waals surface area contributed by atoms with E-state index in [0.717, 1.165) is 23.5 Å². The van der Waals surface area contributed by atoms with Crippen molar-refractivity contribution in [3.05, 3.63) is 40.5 Å². The van der Waals surface area contributed by atoms with E-state index >= 15 is 0 Å². The van der Waals surface area contributed by atoms with Crippen LogP contribution >= 0.6 is 11.3 Å². The summed E-state index contributed by atoms with van der Waals surface area (Å²) in [6.07, 6.45) is 6.15. The van der Waals surface area contributed by atoms with E-state index in [2.05, 4.69) is 21.0 Å². The van der Waals surface area contributed by atoms with E-state index in [1.165, 1.54) is 11.3 Å². The number of piperidine rings is 1. The fraction of sp³-hybridized carbons (Fsp3) is 0.348. The second-order valence-corrected chi connectivity index (χ2v) is 10.0. The smallest absolute Gasteiger partial charge is 0.326 e. The Morgan fingerprint density at radius 2 is 1.97 bits per heavy atom. The maximum absolute atomic E-state index is 13.0. The Bertz CT molecular complexity index is 1380. The first-order chi connectivity index (χ1) is 16.9. The lowest BCUT2D eigenvalue weighted by Crippen LogP contribution is -2.39. The van der Waals surface area contributed by atoms with Gasteiger partial charge in [0.15, 0.2) is 5.65 Å². The molecule has 4 N–H and O–H groups in total. The number of anilines is 1. The Kier molecular flexibility index (Phi) is 5.26. The second-order valence-electron chi connectivity index (χ2n) is 8.93. The molecule has 0 radical (unpaired) electrons. The van der Waals surface area contributed by atoms with Crippen LogP contribution in [0.4, 0.5) is 10.6 Å². The van der Waals surface area contributed by atoms with E-state index in [-0.39, 0.29) is 17.7 Å². The highest BCUT2D eigenvalue weighted by Gasteiger charge is 2.27. The summed E-state index contributed by atoms with van der Waals surface area (Å²) in [6.45, 7) is 1.09. The summed E-state index contributed by atoms with van der Waals surface area (Å²) in [5, 5.41) is 22.3. The van der Waals surface area contributed by atoms with Crippen LogP contribution in [0.15, 0.2) is 30.1 Å². The highest BCUT2D eigenvalue weighted by atomic mass is 32.1. The lowest BCUT2D eigenvalue weighted by Gasteiger charge is -2.29. The predicted octanol–water partition coefficient (Wildman–Crippen LogP) is 1.81. The van der Waals surface area contributed by atoms with Gasteiger partial charge in [0.2, 0.25) is 0 Å². The lowest BCUT2D eigenvalue weighted by atomic mass is 10.1. The van der Waals surface area contributed by atoms with Gasteiger partial charge >= 0.3 is 6.03 Å². The zero-order valence-electron chi connectivity index (χ0n) is 18.7. The first-order valence-corrected chi connectivity index (χ1v) is 12.3. The largest absolute Gasteiger partial charge is 0.393 e. The van der Waals surface area contributed by atoms with E-state index in [1.54, 1.807) is 21.7 Å². The number of rotatable bonds is 5. The molecule has 0 unspecified atom stereocenters. The van der Waals surface area contributed by atoms with Crippen LogP contribution < -0.4 is 16.0 Å². The number of aliphatic hydroxyl groups is 1. The zero-order valence-corrected chi connectivity index (χ0v) is 19.5. The van der Waals surface area contributed by atoms with Crippen LogP contribution in [0, 0.1) is 0 Å². The van der Waals surface area contributed by atoms with Gasteiger partial charge in [0.25, 0.3) is 11.8 Å². The third-order valence-corrected chi connectivity index (χ3v) is 7.36. The molecule has 0 spiro atoms. The van der Waals surface area contributed by atoms with Crippen molar-refractivity contribution in [2.24, 2.45) is 0 Å². The first-order valence-electron chi connectivity index (χ1n) is 11.5. The third kappa shape index (κ3) is 4.26. The molecule has 0 atom stereocenters. The summed E-state index contributed by atoms with van der Waals surface area (Å²) in [4.78, 5) is 44.5. The van der Waals surface area contributed by atoms with E-state index in [4.69, 9.17) is 4.98 Å². The molecule has 6 rings (SSSR count). The number of urea groups is 1. The van der Waals surface area contributed by atoms with Gasteiger partial charge in [-0.25, -0.2) is 9.78 Å². The topological polar surface area (TPSA) is 141 Å². The van der Waals surface area contributed by atoms with Crippen LogP contribution in [0.3, 0.4) is 0 Å². The lowest BCUT2D eigenvalue weighted by molar-refractivity contribution is -0.115. The Morgan fingerprint density at radius 1 is 1.17 bits per heavy atom. The number of amides is 4. The van der Waals surface area contributed by atoms with Crippen molar-refractivity contribution in [3.8, 4) is 10.6 Å². The van der Waals surface area contributed by atoms with Crippen molar-refractivity contribution in [1.82, 2.24) is 30.1 Å². The molecule has 180 valence electrons. The van der Waals surface area contributed by atoms with Crippen molar-refractivity contribution < 1.29 is 19.5 Å². The van der Waals surface area contributed by atoms with E-state index in [0.29, 0.717) is 53.8 Å². The van der Waals surface area contributed by atoms with Crippen LogP contribution in [-0.4, -0.2) is 67.7 Å². The fourth-order valence-corrected chi connectivity index (χ4v) is 5.14. The third-order valence-electron chi connectivity index (χ3n) is 6.27. The fourth-order valence-electron chi connectivity index (χ4n) is 4.20. The van der Waals surface area contributed by atoms with Crippen LogP contribution in [0.2, 0.25) is 0 Å². The first kappa shape index (κ1) is 21.7. The molecule has 3 aliphatic rings. The minimum absolute atomic E-state index is 0.0386. The number of hydrogen-bond acceptors (Lipinski definition) is 8. The number of hydrogen-bond donors (Lipinski definition) is 4. The number of nitrogens with zero attached hydrogens (tertiary/aromatic N) is 4. The molecule has 35 heavy (non-hydrogen) atoms. The van der Waals surface area contributed by atoms with Gasteiger partial charge < -0.3 is 20.6 Å². The second kappa shape index (κ2) is 8.47. The minimum atomic E-state index is -0.568. The standard InChI is InChI=1S/C23H23N7O4S/c31-14-5-7-29(8-6-14)22(33)18-4-3-17(35-18)15-10-19(25-13-1-2-13)30-20(26-15)12(11-24-30)9-16-21(32)28-23(34)27-16/h3-4,9-11,13-14,25,31H,1-2,5-8H2,(H2,27,28,32,34)/b16-9-. The number of carbonyl (C=O) groups excluding carboxylic acids is 3. The highest BCUT2D eigenvalue weighted by Crippen LogP contribution is 2.33. The number of fused-ring (bicyclic) bond motifs is 1. The maximum Gasteiger partial charge on any atom is 0.326 e. The van der Waals surface area contributed by atoms with Gasteiger partial charge in [-0.2, -0.15) is 9.61 Å². The van der Waals surface area contributed by atoms with Crippen molar-refractivity contribution in [2.45, 2.75) is 37.8 Å². The Labute approximate surface area is 203 Å². The predicted molar refractivity (Wildman–Crippen MR) is 129 cm³/mol. The summed E-state index contributed by atoms with van der Waals surface area (Å²) in [5.41, 5.74) is 1.92. The van der Waals surface area contributed by atoms with Crippen LogP contribution in [0.5, 0.6) is 0 Å². The quantitative estimate of drug-likeness (QED) is 0.314. The van der Waals surface area contributed by atoms with E-state index in [9.17, 15) is 19.5 Å². The number of likely N-dealkylation sites (tertiary alicyclic amines) is 1. The SMILES string of the molecule is O=C1NC(=O)/C(=C/c2cnn3c(NC4CC4)cc(-c4ccc(C(=O)N5CCC(O)CC5)s4)nc23)N1. The van der Waals surface area contributed by atoms with Crippen molar-refractivity contribution in [2.75, 3.05) is 18.4 Å². The number of aliphatic hydroxyl groups excluding tert-OH is 1. The number of thiophene rings is 1. The number of nitrogens with one attached hydrogen (secondary N) is 3. The zero-order chi connectivity index (χ0) is 24.1. The van der Waals surface area contributed by atoms with Crippen molar-refractivity contribution in [1.29, 1.82) is 0 Å². The molecule has 2 saturated heterocycles. The molecule has 5 heterocycles. The van der Waals surface area contributed by atoms with Gasteiger partial charge in [0, 0.05) is 30.8 Å². The summed E-state index contributed by atoms with van der Waals surface area (Å²) < 4.78 is 1.68. The van der Waals surface area contributed by atoms with Gasteiger partial charge in [0.1, 0.15) is 11.5 Å². The Morgan fingerprint density at radius 3 is 2.69 bits per heavy atom. The van der Waals surface area contributed by atoms with Crippen LogP contribution in [0.25, 0.3) is 22.3 Å². The minimum Gasteiger partial charge on any atom is -0.393 e. The normalized spacial score (nSPS) is 19.9. The summed E-state index contributed by atoms with van der Waals surface area (Å²) in [5.74, 6) is 0.222.